The highest BCUT2D eigenvalue weighted by molar-refractivity contribution is 7.18. The molecule has 2 aromatic heterocycles. The Balaban J connectivity index is 2.02. The summed E-state index contributed by atoms with van der Waals surface area (Å²) in [6, 6.07) is 2.09. The first-order chi connectivity index (χ1) is 9.47. The minimum atomic E-state index is -0.224. The van der Waals surface area contributed by atoms with E-state index in [9.17, 15) is 4.79 Å². The molecule has 1 amide bonds. The van der Waals surface area contributed by atoms with E-state index in [0.29, 0.717) is 16.6 Å². The fraction of sp³-hybridized carbons (Fsp3) is 0.417. The third kappa shape index (κ3) is 3.27. The number of hydrogen-bond acceptors (Lipinski definition) is 6. The minimum Gasteiger partial charge on any atom is -0.382 e. The summed E-state index contributed by atoms with van der Waals surface area (Å²) in [5, 5.41) is 10.6. The number of anilines is 2. The quantitative estimate of drug-likeness (QED) is 0.770. The SMILES string of the molecule is CC(C)Nc1nc(N)c(C(=O)NCc2ccnn2C)s1. The van der Waals surface area contributed by atoms with Crippen LogP contribution in [-0.4, -0.2) is 26.7 Å². The zero-order valence-electron chi connectivity index (χ0n) is 11.7. The lowest BCUT2D eigenvalue weighted by Gasteiger charge is -2.04. The van der Waals surface area contributed by atoms with Crippen LogP contribution in [-0.2, 0) is 13.6 Å². The maximum Gasteiger partial charge on any atom is 0.265 e. The van der Waals surface area contributed by atoms with Crippen molar-refractivity contribution >= 4 is 28.2 Å². The summed E-state index contributed by atoms with van der Waals surface area (Å²) in [4.78, 5) is 16.7. The number of nitrogens with zero attached hydrogens (tertiary/aromatic N) is 3. The smallest absolute Gasteiger partial charge is 0.265 e. The highest BCUT2D eigenvalue weighted by Crippen LogP contribution is 2.25. The summed E-state index contributed by atoms with van der Waals surface area (Å²) in [5.74, 6) is 0.0265. The Kier molecular flexibility index (Phi) is 4.23. The van der Waals surface area contributed by atoms with Crippen LogP contribution in [0.1, 0.15) is 29.2 Å². The van der Waals surface area contributed by atoms with Crippen LogP contribution in [0.3, 0.4) is 0 Å². The molecule has 108 valence electrons. The van der Waals surface area contributed by atoms with Gasteiger partial charge in [-0.2, -0.15) is 5.10 Å². The average molecular weight is 294 g/mol. The maximum atomic E-state index is 12.1. The van der Waals surface area contributed by atoms with E-state index in [0.717, 1.165) is 5.69 Å². The van der Waals surface area contributed by atoms with E-state index in [1.807, 2.05) is 27.0 Å². The standard InChI is InChI=1S/C12H18N6OS/c1-7(2)16-12-17-10(13)9(20-12)11(19)14-6-8-4-5-15-18(8)3/h4-5,7H,6,13H2,1-3H3,(H,14,19)(H,16,17). The summed E-state index contributed by atoms with van der Waals surface area (Å²) < 4.78 is 1.71. The Morgan fingerprint density at radius 2 is 2.30 bits per heavy atom. The number of carbonyl (C=O) groups excluding carboxylic acids is 1. The fourth-order valence-electron chi connectivity index (χ4n) is 1.63. The van der Waals surface area contributed by atoms with Crippen molar-refractivity contribution in [3.05, 3.63) is 22.8 Å². The molecule has 7 nitrogen and oxygen atoms in total. The van der Waals surface area contributed by atoms with Crippen molar-refractivity contribution in [1.29, 1.82) is 0 Å². The van der Waals surface area contributed by atoms with Gasteiger partial charge >= 0.3 is 0 Å². The third-order valence-electron chi connectivity index (χ3n) is 2.62. The van der Waals surface area contributed by atoms with Crippen molar-refractivity contribution < 1.29 is 4.79 Å². The molecule has 0 unspecified atom stereocenters. The van der Waals surface area contributed by atoms with E-state index in [2.05, 4.69) is 20.7 Å². The first kappa shape index (κ1) is 14.3. The molecule has 0 fully saturated rings. The number of nitrogens with one attached hydrogen (secondary N) is 2. The van der Waals surface area contributed by atoms with Crippen molar-refractivity contribution in [3.63, 3.8) is 0 Å². The Morgan fingerprint density at radius 1 is 1.55 bits per heavy atom. The van der Waals surface area contributed by atoms with Gasteiger partial charge in [0, 0.05) is 19.3 Å². The molecule has 20 heavy (non-hydrogen) atoms. The molecule has 0 aromatic carbocycles. The Morgan fingerprint density at radius 3 is 2.90 bits per heavy atom. The van der Waals surface area contributed by atoms with Gasteiger partial charge in [-0.05, 0) is 19.9 Å². The van der Waals surface area contributed by atoms with E-state index >= 15 is 0 Å². The van der Waals surface area contributed by atoms with Crippen LogP contribution < -0.4 is 16.4 Å². The zero-order valence-corrected chi connectivity index (χ0v) is 12.5. The van der Waals surface area contributed by atoms with Crippen molar-refractivity contribution in [3.8, 4) is 0 Å². The highest BCUT2D eigenvalue weighted by Gasteiger charge is 2.16. The molecule has 0 bridgehead atoms. The van der Waals surface area contributed by atoms with Gasteiger partial charge in [-0.3, -0.25) is 9.48 Å². The Hall–Kier alpha value is -2.09. The van der Waals surface area contributed by atoms with Gasteiger partial charge in [0.2, 0.25) is 0 Å². The van der Waals surface area contributed by atoms with Gasteiger partial charge in [-0.15, -0.1) is 0 Å². The van der Waals surface area contributed by atoms with Crippen LogP contribution in [0.4, 0.5) is 10.9 Å². The van der Waals surface area contributed by atoms with Crippen LogP contribution in [0, 0.1) is 0 Å². The van der Waals surface area contributed by atoms with E-state index < -0.39 is 0 Å². The monoisotopic (exact) mass is 294 g/mol. The number of aromatic nitrogens is 3. The summed E-state index contributed by atoms with van der Waals surface area (Å²) in [6.07, 6.45) is 1.69. The largest absolute Gasteiger partial charge is 0.382 e. The van der Waals surface area contributed by atoms with Gasteiger partial charge < -0.3 is 16.4 Å². The topological polar surface area (TPSA) is 97.9 Å². The molecular formula is C12H18N6OS. The molecule has 0 saturated heterocycles. The van der Waals surface area contributed by atoms with Crippen LogP contribution in [0.5, 0.6) is 0 Å². The normalized spacial score (nSPS) is 10.8. The van der Waals surface area contributed by atoms with Crippen molar-refractivity contribution in [2.45, 2.75) is 26.4 Å². The molecule has 0 aliphatic carbocycles. The first-order valence-electron chi connectivity index (χ1n) is 6.25. The van der Waals surface area contributed by atoms with E-state index in [-0.39, 0.29) is 17.8 Å². The lowest BCUT2D eigenvalue weighted by atomic mass is 10.4. The number of carbonyl (C=O) groups is 1. The second-order valence-corrected chi connectivity index (χ2v) is 5.66. The van der Waals surface area contributed by atoms with Gasteiger partial charge in [0.05, 0.1) is 12.2 Å². The number of thiazole rings is 1. The number of amides is 1. The highest BCUT2D eigenvalue weighted by atomic mass is 32.1. The van der Waals surface area contributed by atoms with Gasteiger partial charge in [-0.1, -0.05) is 11.3 Å². The van der Waals surface area contributed by atoms with Gasteiger partial charge in [-0.25, -0.2) is 4.98 Å². The van der Waals surface area contributed by atoms with Crippen molar-refractivity contribution in [1.82, 2.24) is 20.1 Å². The van der Waals surface area contributed by atoms with Crippen molar-refractivity contribution in [2.24, 2.45) is 7.05 Å². The average Bonchev–Trinajstić information content (AvgIpc) is 2.92. The Labute approximate surface area is 121 Å². The molecule has 2 aromatic rings. The number of hydrogen-bond donors (Lipinski definition) is 3. The van der Waals surface area contributed by atoms with Crippen LogP contribution in [0.2, 0.25) is 0 Å². The van der Waals surface area contributed by atoms with Gasteiger partial charge in [0.1, 0.15) is 10.7 Å². The molecule has 0 saturated carbocycles. The second kappa shape index (κ2) is 5.91. The van der Waals surface area contributed by atoms with E-state index in [1.54, 1.807) is 10.9 Å². The summed E-state index contributed by atoms with van der Waals surface area (Å²) in [6.45, 7) is 4.40. The molecule has 0 atom stereocenters. The molecular weight excluding hydrogens is 276 g/mol. The van der Waals surface area contributed by atoms with Crippen LogP contribution >= 0.6 is 11.3 Å². The lowest BCUT2D eigenvalue weighted by Crippen LogP contribution is -2.24. The number of nitrogens with two attached hydrogens (primary N) is 1. The Bertz CT molecular complexity index is 603. The first-order valence-corrected chi connectivity index (χ1v) is 7.07. The maximum absolute atomic E-state index is 12.1. The van der Waals surface area contributed by atoms with Gasteiger partial charge in [0.25, 0.3) is 5.91 Å². The summed E-state index contributed by atoms with van der Waals surface area (Å²) in [5.41, 5.74) is 6.70. The molecule has 0 radical (unpaired) electrons. The second-order valence-electron chi connectivity index (χ2n) is 4.66. The predicted molar refractivity (Wildman–Crippen MR) is 79.7 cm³/mol. The number of aryl methyl sites for hydroxylation is 1. The number of nitrogen functional groups attached to an aromatic ring is 1. The molecule has 0 spiro atoms. The molecule has 2 rings (SSSR count). The van der Waals surface area contributed by atoms with Crippen LogP contribution in [0.25, 0.3) is 0 Å². The van der Waals surface area contributed by atoms with E-state index in [1.165, 1.54) is 11.3 Å². The minimum absolute atomic E-state index is 0.224. The molecule has 4 N–H and O–H groups in total. The molecule has 0 aliphatic rings. The lowest BCUT2D eigenvalue weighted by molar-refractivity contribution is 0.0955. The summed E-state index contributed by atoms with van der Waals surface area (Å²) >= 11 is 1.26. The fourth-order valence-corrected chi connectivity index (χ4v) is 2.58. The van der Waals surface area contributed by atoms with Crippen LogP contribution in [0.15, 0.2) is 12.3 Å². The molecule has 2 heterocycles. The third-order valence-corrected chi connectivity index (χ3v) is 3.63. The predicted octanol–water partition coefficient (Wildman–Crippen LogP) is 1.21. The number of rotatable bonds is 5. The molecule has 0 aliphatic heterocycles. The zero-order chi connectivity index (χ0) is 14.7. The van der Waals surface area contributed by atoms with E-state index in [4.69, 9.17) is 5.73 Å². The summed E-state index contributed by atoms with van der Waals surface area (Å²) in [7, 11) is 1.83. The molecule has 8 heteroatoms. The van der Waals surface area contributed by atoms with Crippen molar-refractivity contribution in [2.75, 3.05) is 11.1 Å². The van der Waals surface area contributed by atoms with Gasteiger partial charge in [0.15, 0.2) is 5.13 Å².